The fourth-order valence-electron chi connectivity index (χ4n) is 2.40. The van der Waals surface area contributed by atoms with Crippen LogP contribution in [-0.2, 0) is 0 Å². The van der Waals surface area contributed by atoms with E-state index in [9.17, 15) is 0 Å². The van der Waals surface area contributed by atoms with Crippen LogP contribution in [0.4, 0.5) is 0 Å². The Kier molecular flexibility index (Phi) is 1.92. The predicted octanol–water partition coefficient (Wildman–Crippen LogP) is 3.45. The largest absolute Gasteiger partial charge is 0.0651 e. The zero-order valence-electron chi connectivity index (χ0n) is 7.83. The second-order valence-corrected chi connectivity index (χ2v) is 3.87. The Morgan fingerprint density at radius 3 is 2.33 bits per heavy atom. The van der Waals surface area contributed by atoms with E-state index in [1.807, 2.05) is 0 Å². The minimum absolute atomic E-state index is 0.858. The summed E-state index contributed by atoms with van der Waals surface area (Å²) in [5, 5.41) is 0. The van der Waals surface area contributed by atoms with Gasteiger partial charge in [-0.05, 0) is 23.3 Å². The molecular formula is C12H16. The molecule has 1 aliphatic rings. The van der Waals surface area contributed by atoms with Crippen LogP contribution in [0.15, 0.2) is 30.3 Å². The normalized spacial score (nSPS) is 33.3. The highest BCUT2D eigenvalue weighted by molar-refractivity contribution is 5.27. The molecule has 3 atom stereocenters. The molecule has 64 valence electrons. The maximum Gasteiger partial charge on any atom is -0.0102 e. The first kappa shape index (κ1) is 7.85. The molecule has 0 aromatic heterocycles. The van der Waals surface area contributed by atoms with Gasteiger partial charge in [0.15, 0.2) is 0 Å². The van der Waals surface area contributed by atoms with Gasteiger partial charge in [-0.25, -0.2) is 0 Å². The minimum Gasteiger partial charge on any atom is -0.0651 e. The van der Waals surface area contributed by atoms with Gasteiger partial charge in [0.2, 0.25) is 0 Å². The molecule has 0 saturated heterocycles. The van der Waals surface area contributed by atoms with Crippen molar-refractivity contribution in [1.29, 1.82) is 0 Å². The quantitative estimate of drug-likeness (QED) is 0.621. The summed E-state index contributed by atoms with van der Waals surface area (Å²) in [7, 11) is 0. The summed E-state index contributed by atoms with van der Waals surface area (Å²) in [5.74, 6) is 2.72. The Hall–Kier alpha value is -0.780. The van der Waals surface area contributed by atoms with Crippen LogP contribution in [0, 0.1) is 11.8 Å². The molecular weight excluding hydrogens is 144 g/mol. The van der Waals surface area contributed by atoms with Crippen LogP contribution in [0.25, 0.3) is 0 Å². The first-order chi connectivity index (χ1) is 5.84. The van der Waals surface area contributed by atoms with Crippen molar-refractivity contribution in [2.24, 2.45) is 11.8 Å². The molecule has 0 nitrogen and oxygen atoms in total. The molecule has 0 aliphatic heterocycles. The highest BCUT2D eigenvalue weighted by atomic mass is 14.5. The van der Waals surface area contributed by atoms with Gasteiger partial charge in [0.25, 0.3) is 0 Å². The number of rotatable bonds is 2. The lowest BCUT2D eigenvalue weighted by Crippen LogP contribution is -1.80. The predicted molar refractivity (Wildman–Crippen MR) is 52.1 cm³/mol. The van der Waals surface area contributed by atoms with Crippen LogP contribution in [0.2, 0.25) is 0 Å². The van der Waals surface area contributed by atoms with Crippen LogP contribution in [0.3, 0.4) is 0 Å². The lowest BCUT2D eigenvalue weighted by Gasteiger charge is -1.96. The molecule has 0 spiro atoms. The molecule has 1 aromatic carbocycles. The van der Waals surface area contributed by atoms with E-state index in [4.69, 9.17) is 0 Å². The summed E-state index contributed by atoms with van der Waals surface area (Å²) in [4.78, 5) is 0. The Balaban J connectivity index is 2.14. The average molecular weight is 160 g/mol. The first-order valence-corrected chi connectivity index (χ1v) is 4.89. The summed E-state index contributed by atoms with van der Waals surface area (Å²) in [5.41, 5.74) is 1.54. The number of hydrogen-bond acceptors (Lipinski definition) is 0. The van der Waals surface area contributed by atoms with E-state index in [1.165, 1.54) is 12.0 Å². The first-order valence-electron chi connectivity index (χ1n) is 4.89. The highest BCUT2D eigenvalue weighted by Gasteiger charge is 2.45. The van der Waals surface area contributed by atoms with E-state index in [0.29, 0.717) is 0 Å². The van der Waals surface area contributed by atoms with Crippen LogP contribution in [-0.4, -0.2) is 0 Å². The van der Waals surface area contributed by atoms with Crippen LogP contribution < -0.4 is 0 Å². The maximum atomic E-state index is 2.37. The topological polar surface area (TPSA) is 0 Å². The molecule has 1 fully saturated rings. The third-order valence-electron chi connectivity index (χ3n) is 3.22. The standard InChI is InChI=1S/C12H16/c1-3-11-9(2)12(11)10-7-5-4-6-8-10/h4-9,11-12H,3H2,1-2H3. The molecule has 3 unspecified atom stereocenters. The summed E-state index contributed by atoms with van der Waals surface area (Å²) < 4.78 is 0. The molecule has 0 heteroatoms. The number of benzene rings is 1. The Bertz CT molecular complexity index is 250. The van der Waals surface area contributed by atoms with Crippen molar-refractivity contribution in [3.05, 3.63) is 35.9 Å². The van der Waals surface area contributed by atoms with E-state index in [1.54, 1.807) is 0 Å². The second-order valence-electron chi connectivity index (χ2n) is 3.87. The minimum atomic E-state index is 0.858. The van der Waals surface area contributed by atoms with Gasteiger partial charge in [0.05, 0.1) is 0 Å². The third kappa shape index (κ3) is 1.16. The molecule has 2 rings (SSSR count). The summed E-state index contributed by atoms with van der Waals surface area (Å²) in [6.45, 7) is 4.66. The second kappa shape index (κ2) is 2.93. The van der Waals surface area contributed by atoms with Crippen molar-refractivity contribution in [2.75, 3.05) is 0 Å². The van der Waals surface area contributed by atoms with Gasteiger partial charge < -0.3 is 0 Å². The van der Waals surface area contributed by atoms with Gasteiger partial charge in [-0.15, -0.1) is 0 Å². The van der Waals surface area contributed by atoms with E-state index in [2.05, 4.69) is 44.2 Å². The van der Waals surface area contributed by atoms with Gasteiger partial charge in [-0.1, -0.05) is 50.6 Å². The fraction of sp³-hybridized carbons (Fsp3) is 0.500. The molecule has 0 amide bonds. The smallest absolute Gasteiger partial charge is 0.0102 e. The fourth-order valence-corrected chi connectivity index (χ4v) is 2.40. The average Bonchev–Trinajstić information content (AvgIpc) is 2.78. The molecule has 1 aliphatic carbocycles. The van der Waals surface area contributed by atoms with Gasteiger partial charge in [0.1, 0.15) is 0 Å². The van der Waals surface area contributed by atoms with Crippen molar-refractivity contribution >= 4 is 0 Å². The molecule has 0 bridgehead atoms. The van der Waals surface area contributed by atoms with E-state index in [-0.39, 0.29) is 0 Å². The van der Waals surface area contributed by atoms with E-state index in [0.717, 1.165) is 17.8 Å². The van der Waals surface area contributed by atoms with Gasteiger partial charge in [-0.2, -0.15) is 0 Å². The SMILES string of the molecule is CCC1C(C)C1c1ccccc1. The highest BCUT2D eigenvalue weighted by Crippen LogP contribution is 2.55. The molecule has 1 aromatic rings. The summed E-state index contributed by atoms with van der Waals surface area (Å²) in [6.07, 6.45) is 1.33. The lowest BCUT2D eigenvalue weighted by atomic mass is 10.1. The summed E-state index contributed by atoms with van der Waals surface area (Å²) >= 11 is 0. The molecule has 0 heterocycles. The Morgan fingerprint density at radius 1 is 1.17 bits per heavy atom. The van der Waals surface area contributed by atoms with Crippen molar-refractivity contribution < 1.29 is 0 Å². The van der Waals surface area contributed by atoms with Gasteiger partial charge >= 0.3 is 0 Å². The van der Waals surface area contributed by atoms with E-state index >= 15 is 0 Å². The Labute approximate surface area is 74.6 Å². The van der Waals surface area contributed by atoms with Crippen molar-refractivity contribution in [2.45, 2.75) is 26.2 Å². The zero-order chi connectivity index (χ0) is 8.55. The van der Waals surface area contributed by atoms with Crippen molar-refractivity contribution in [3.63, 3.8) is 0 Å². The maximum absolute atomic E-state index is 2.37. The lowest BCUT2D eigenvalue weighted by molar-refractivity contribution is 0.719. The molecule has 1 saturated carbocycles. The van der Waals surface area contributed by atoms with Gasteiger partial charge in [-0.3, -0.25) is 0 Å². The van der Waals surface area contributed by atoms with E-state index < -0.39 is 0 Å². The van der Waals surface area contributed by atoms with Crippen LogP contribution in [0.1, 0.15) is 31.7 Å². The number of hydrogen-bond donors (Lipinski definition) is 0. The van der Waals surface area contributed by atoms with Gasteiger partial charge in [0, 0.05) is 0 Å². The van der Waals surface area contributed by atoms with Crippen molar-refractivity contribution in [1.82, 2.24) is 0 Å². The summed E-state index contributed by atoms with van der Waals surface area (Å²) in [6, 6.07) is 10.9. The van der Waals surface area contributed by atoms with Crippen LogP contribution >= 0.6 is 0 Å². The molecule has 12 heavy (non-hydrogen) atoms. The zero-order valence-corrected chi connectivity index (χ0v) is 7.83. The Morgan fingerprint density at radius 2 is 1.83 bits per heavy atom. The molecule has 0 N–H and O–H groups in total. The third-order valence-corrected chi connectivity index (χ3v) is 3.22. The van der Waals surface area contributed by atoms with Crippen LogP contribution in [0.5, 0.6) is 0 Å². The molecule has 0 radical (unpaired) electrons. The van der Waals surface area contributed by atoms with Crippen molar-refractivity contribution in [3.8, 4) is 0 Å². The monoisotopic (exact) mass is 160 g/mol.